The first-order chi connectivity index (χ1) is 13.4. The van der Waals surface area contributed by atoms with Crippen molar-refractivity contribution < 1.29 is 14.5 Å². The summed E-state index contributed by atoms with van der Waals surface area (Å²) in [4.78, 5) is 22.6. The Labute approximate surface area is 161 Å². The third kappa shape index (κ3) is 4.14. The molecule has 0 amide bonds. The summed E-state index contributed by atoms with van der Waals surface area (Å²) < 4.78 is 8.43. The molecule has 9 heteroatoms. The minimum Gasteiger partial charge on any atom is -0.496 e. The largest absolute Gasteiger partial charge is 0.496 e. The number of benzene rings is 1. The van der Waals surface area contributed by atoms with Crippen molar-refractivity contribution in [3.63, 3.8) is 0 Å². The minimum atomic E-state index is -0.543. The maximum Gasteiger partial charge on any atom is 0.389 e. The fourth-order valence-corrected chi connectivity index (χ4v) is 2.84. The van der Waals surface area contributed by atoms with E-state index in [1.165, 1.54) is 23.0 Å². The molecule has 0 unspecified atom stereocenters. The number of nitrogens with zero attached hydrogens (tertiary/aromatic N) is 5. The van der Waals surface area contributed by atoms with Crippen LogP contribution in [0.3, 0.4) is 0 Å². The molecule has 0 N–H and O–H groups in total. The van der Waals surface area contributed by atoms with Gasteiger partial charge < -0.3 is 14.9 Å². The summed E-state index contributed by atoms with van der Waals surface area (Å²) in [5.41, 5.74) is 2.81. The molecule has 3 aromatic rings. The molecule has 0 aliphatic rings. The molecule has 0 saturated carbocycles. The quantitative estimate of drug-likeness (QED) is 0.270. The fourth-order valence-electron chi connectivity index (χ4n) is 2.84. The molecule has 0 saturated heterocycles. The zero-order valence-corrected chi connectivity index (χ0v) is 15.7. The molecular weight excluding hydrogens is 362 g/mol. The Morgan fingerprint density at radius 2 is 2.11 bits per heavy atom. The first kappa shape index (κ1) is 19.0. The number of methoxy groups -OCH3 is 1. The summed E-state index contributed by atoms with van der Waals surface area (Å²) in [6.45, 7) is 2.09. The van der Waals surface area contributed by atoms with Gasteiger partial charge in [0, 0.05) is 18.8 Å². The number of carbonyl (C=O) groups excluding carboxylic acids is 1. The standard InChI is InChI=1S/C19H19N5O4/c1-13-16(12-22(2)20-13)17(25)6-4-14-5-7-18(28-3)15(10-14)11-23-9-8-19(21-23)24(26)27/h4-10,12H,11H2,1-3H3/b6-4+. The molecule has 0 spiro atoms. The number of hydrogen-bond acceptors (Lipinski definition) is 6. The van der Waals surface area contributed by atoms with Gasteiger partial charge >= 0.3 is 5.82 Å². The average molecular weight is 381 g/mol. The van der Waals surface area contributed by atoms with Gasteiger partial charge in [-0.15, -0.1) is 0 Å². The zero-order chi connectivity index (χ0) is 20.3. The van der Waals surface area contributed by atoms with Crippen LogP contribution < -0.4 is 4.74 Å². The van der Waals surface area contributed by atoms with E-state index in [1.807, 2.05) is 12.1 Å². The normalized spacial score (nSPS) is 11.1. The number of allylic oxidation sites excluding steroid dienone is 1. The molecule has 0 fully saturated rings. The second-order valence-corrected chi connectivity index (χ2v) is 6.20. The lowest BCUT2D eigenvalue weighted by Gasteiger charge is -2.08. The number of nitro groups is 1. The number of carbonyl (C=O) groups is 1. The van der Waals surface area contributed by atoms with E-state index in [4.69, 9.17) is 4.74 Å². The number of hydrogen-bond donors (Lipinski definition) is 0. The Kier molecular flexibility index (Phi) is 5.35. The lowest BCUT2D eigenvalue weighted by Crippen LogP contribution is -2.03. The van der Waals surface area contributed by atoms with Crippen LogP contribution in [0, 0.1) is 17.0 Å². The zero-order valence-electron chi connectivity index (χ0n) is 15.7. The van der Waals surface area contributed by atoms with Gasteiger partial charge in [-0.05, 0) is 35.6 Å². The Balaban J connectivity index is 1.82. The molecule has 2 heterocycles. The van der Waals surface area contributed by atoms with Crippen LogP contribution >= 0.6 is 0 Å². The molecule has 0 atom stereocenters. The second-order valence-electron chi connectivity index (χ2n) is 6.20. The van der Waals surface area contributed by atoms with Gasteiger partial charge in [0.2, 0.25) is 0 Å². The van der Waals surface area contributed by atoms with Crippen LogP contribution in [0.4, 0.5) is 5.82 Å². The second kappa shape index (κ2) is 7.87. The highest BCUT2D eigenvalue weighted by Crippen LogP contribution is 2.22. The number of rotatable bonds is 7. The van der Waals surface area contributed by atoms with Gasteiger partial charge in [-0.2, -0.15) is 9.78 Å². The van der Waals surface area contributed by atoms with Crippen LogP contribution in [-0.2, 0) is 13.6 Å². The monoisotopic (exact) mass is 381 g/mol. The highest BCUT2D eigenvalue weighted by Gasteiger charge is 2.13. The van der Waals surface area contributed by atoms with Gasteiger partial charge in [-0.3, -0.25) is 9.48 Å². The van der Waals surface area contributed by atoms with Gasteiger partial charge in [0.25, 0.3) is 0 Å². The van der Waals surface area contributed by atoms with Gasteiger partial charge in [0.1, 0.15) is 5.75 Å². The molecule has 9 nitrogen and oxygen atoms in total. The van der Waals surface area contributed by atoms with Gasteiger partial charge in [-0.25, -0.2) is 0 Å². The predicted molar refractivity (Wildman–Crippen MR) is 102 cm³/mol. The van der Waals surface area contributed by atoms with E-state index in [1.54, 1.807) is 44.1 Å². The molecule has 1 aromatic carbocycles. The van der Waals surface area contributed by atoms with Crippen LogP contribution in [0.1, 0.15) is 27.2 Å². The molecule has 28 heavy (non-hydrogen) atoms. The Bertz CT molecular complexity index is 1060. The minimum absolute atomic E-state index is 0.134. The van der Waals surface area contributed by atoms with Crippen LogP contribution in [0.5, 0.6) is 5.75 Å². The van der Waals surface area contributed by atoms with Crippen molar-refractivity contribution in [1.82, 2.24) is 19.6 Å². The van der Waals surface area contributed by atoms with Crippen molar-refractivity contribution in [2.24, 2.45) is 7.05 Å². The molecular formula is C19H19N5O4. The predicted octanol–water partition coefficient (Wildman–Crippen LogP) is 2.79. The summed E-state index contributed by atoms with van der Waals surface area (Å²) in [5.74, 6) is 0.280. The average Bonchev–Trinajstić information content (AvgIpc) is 3.26. The van der Waals surface area contributed by atoms with Crippen LogP contribution in [-0.4, -0.2) is 37.4 Å². The maximum absolute atomic E-state index is 12.4. The van der Waals surface area contributed by atoms with Crippen molar-refractivity contribution >= 4 is 17.7 Å². The first-order valence-corrected chi connectivity index (χ1v) is 8.45. The highest BCUT2D eigenvalue weighted by atomic mass is 16.6. The van der Waals surface area contributed by atoms with Crippen molar-refractivity contribution in [2.45, 2.75) is 13.5 Å². The van der Waals surface area contributed by atoms with E-state index in [-0.39, 0.29) is 11.6 Å². The van der Waals surface area contributed by atoms with E-state index in [0.29, 0.717) is 23.6 Å². The summed E-state index contributed by atoms with van der Waals surface area (Å²) in [6.07, 6.45) is 6.43. The topological polar surface area (TPSA) is 105 Å². The Hall–Kier alpha value is -3.75. The summed E-state index contributed by atoms with van der Waals surface area (Å²) >= 11 is 0. The van der Waals surface area contributed by atoms with Crippen molar-refractivity contribution in [3.8, 4) is 5.75 Å². The van der Waals surface area contributed by atoms with E-state index < -0.39 is 4.92 Å². The van der Waals surface area contributed by atoms with E-state index >= 15 is 0 Å². The molecule has 2 aromatic heterocycles. The highest BCUT2D eigenvalue weighted by molar-refractivity contribution is 6.07. The third-order valence-electron chi connectivity index (χ3n) is 4.16. The van der Waals surface area contributed by atoms with Crippen LogP contribution in [0.2, 0.25) is 0 Å². The van der Waals surface area contributed by atoms with Crippen LogP contribution in [0.25, 0.3) is 6.08 Å². The summed E-state index contributed by atoms with van der Waals surface area (Å²) in [7, 11) is 3.32. The molecule has 0 bridgehead atoms. The van der Waals surface area contributed by atoms with Crippen molar-refractivity contribution in [1.29, 1.82) is 0 Å². The molecule has 144 valence electrons. The Morgan fingerprint density at radius 3 is 2.71 bits per heavy atom. The van der Waals surface area contributed by atoms with E-state index in [9.17, 15) is 14.9 Å². The number of aromatic nitrogens is 4. The molecule has 0 aliphatic carbocycles. The molecule has 0 radical (unpaired) electrons. The first-order valence-electron chi connectivity index (χ1n) is 8.45. The fraction of sp³-hybridized carbons (Fsp3) is 0.211. The number of ketones is 1. The van der Waals surface area contributed by atoms with Crippen LogP contribution in [0.15, 0.2) is 42.7 Å². The van der Waals surface area contributed by atoms with E-state index in [0.717, 1.165) is 11.1 Å². The number of aryl methyl sites for hydroxylation is 2. The molecule has 3 rings (SSSR count). The van der Waals surface area contributed by atoms with Gasteiger partial charge in [0.05, 0.1) is 42.3 Å². The van der Waals surface area contributed by atoms with Gasteiger partial charge in [0.15, 0.2) is 5.78 Å². The SMILES string of the molecule is COc1ccc(/C=C/C(=O)c2cn(C)nc2C)cc1Cn1ccc([N+](=O)[O-])n1. The van der Waals surface area contributed by atoms with Gasteiger partial charge in [-0.1, -0.05) is 12.1 Å². The third-order valence-corrected chi connectivity index (χ3v) is 4.16. The Morgan fingerprint density at radius 1 is 1.32 bits per heavy atom. The van der Waals surface area contributed by atoms with Crippen molar-refractivity contribution in [2.75, 3.05) is 7.11 Å². The lowest BCUT2D eigenvalue weighted by molar-refractivity contribution is -0.389. The maximum atomic E-state index is 12.4. The summed E-state index contributed by atoms with van der Waals surface area (Å²) in [6, 6.07) is 6.80. The lowest BCUT2D eigenvalue weighted by atomic mass is 10.1. The number of ether oxygens (including phenoxy) is 1. The molecule has 0 aliphatic heterocycles. The smallest absolute Gasteiger partial charge is 0.389 e. The van der Waals surface area contributed by atoms with Crippen molar-refractivity contribution in [3.05, 3.63) is 75.2 Å². The van der Waals surface area contributed by atoms with E-state index in [2.05, 4.69) is 10.2 Å². The summed E-state index contributed by atoms with van der Waals surface area (Å²) in [5, 5.41) is 18.9.